The summed E-state index contributed by atoms with van der Waals surface area (Å²) in [6.45, 7) is 3.96. The van der Waals surface area contributed by atoms with Crippen molar-refractivity contribution < 1.29 is 18.3 Å². The molecule has 0 aliphatic carbocycles. The lowest BCUT2D eigenvalue weighted by atomic mass is 9.97. The largest absolute Gasteiger partial charge is 0.396 e. The standard InChI is InChI=1S/C7H12F3NO.C2H6/c1-11-2-5(4-12)6(3-11)7(8,9)10;1-2/h5-6,12H,2-4H2,1H3;1-2H3. The van der Waals surface area contributed by atoms with Crippen LogP contribution in [0.15, 0.2) is 0 Å². The van der Waals surface area contributed by atoms with Crippen LogP contribution in [0.2, 0.25) is 0 Å². The van der Waals surface area contributed by atoms with Crippen molar-refractivity contribution in [1.82, 2.24) is 4.90 Å². The Balaban J connectivity index is 0.000000791. The van der Waals surface area contributed by atoms with E-state index in [0.29, 0.717) is 6.54 Å². The Morgan fingerprint density at radius 2 is 1.79 bits per heavy atom. The molecule has 0 aromatic carbocycles. The van der Waals surface area contributed by atoms with E-state index in [1.54, 1.807) is 11.9 Å². The van der Waals surface area contributed by atoms with E-state index >= 15 is 0 Å². The minimum Gasteiger partial charge on any atom is -0.396 e. The molecule has 14 heavy (non-hydrogen) atoms. The number of hydrogen-bond donors (Lipinski definition) is 1. The number of rotatable bonds is 1. The molecular formula is C9H18F3NO. The molecule has 0 saturated carbocycles. The van der Waals surface area contributed by atoms with Gasteiger partial charge in [0.1, 0.15) is 0 Å². The van der Waals surface area contributed by atoms with E-state index in [1.165, 1.54) is 0 Å². The van der Waals surface area contributed by atoms with Gasteiger partial charge >= 0.3 is 6.18 Å². The van der Waals surface area contributed by atoms with Crippen molar-refractivity contribution in [2.24, 2.45) is 11.8 Å². The number of hydrogen-bond acceptors (Lipinski definition) is 2. The van der Waals surface area contributed by atoms with Crippen LogP contribution in [0.5, 0.6) is 0 Å². The molecule has 2 nitrogen and oxygen atoms in total. The van der Waals surface area contributed by atoms with Gasteiger partial charge in [-0.2, -0.15) is 13.2 Å². The molecule has 2 unspecified atom stereocenters. The second-order valence-corrected chi connectivity index (χ2v) is 3.31. The molecule has 1 N–H and O–H groups in total. The summed E-state index contributed by atoms with van der Waals surface area (Å²) in [6.07, 6.45) is -4.17. The van der Waals surface area contributed by atoms with E-state index in [1.807, 2.05) is 13.8 Å². The highest BCUT2D eigenvalue weighted by Crippen LogP contribution is 2.36. The molecule has 1 aliphatic heterocycles. The summed E-state index contributed by atoms with van der Waals surface area (Å²) < 4.78 is 36.7. The quantitative estimate of drug-likeness (QED) is 0.717. The van der Waals surface area contributed by atoms with Gasteiger partial charge < -0.3 is 10.0 Å². The molecule has 1 aliphatic rings. The Kier molecular flexibility index (Phi) is 5.44. The highest BCUT2D eigenvalue weighted by molar-refractivity contribution is 4.86. The van der Waals surface area contributed by atoms with Crippen molar-refractivity contribution in [2.45, 2.75) is 20.0 Å². The third-order valence-corrected chi connectivity index (χ3v) is 2.28. The van der Waals surface area contributed by atoms with Crippen molar-refractivity contribution >= 4 is 0 Å². The Morgan fingerprint density at radius 1 is 1.29 bits per heavy atom. The van der Waals surface area contributed by atoms with Crippen LogP contribution < -0.4 is 0 Å². The van der Waals surface area contributed by atoms with Crippen LogP contribution >= 0.6 is 0 Å². The maximum Gasteiger partial charge on any atom is 0.393 e. The first-order valence-electron chi connectivity index (χ1n) is 4.81. The van der Waals surface area contributed by atoms with Crippen LogP contribution in [-0.4, -0.2) is 42.9 Å². The number of likely N-dealkylation sites (tertiary alicyclic amines) is 1. The zero-order valence-electron chi connectivity index (χ0n) is 8.80. The zero-order chi connectivity index (χ0) is 11.4. The molecule has 1 fully saturated rings. The molecule has 0 spiro atoms. The van der Waals surface area contributed by atoms with Crippen LogP contribution in [0.3, 0.4) is 0 Å². The number of aliphatic hydroxyl groups is 1. The van der Waals surface area contributed by atoms with E-state index in [-0.39, 0.29) is 13.2 Å². The molecule has 0 radical (unpaired) electrons. The summed E-state index contributed by atoms with van der Waals surface area (Å²) >= 11 is 0. The van der Waals surface area contributed by atoms with E-state index in [4.69, 9.17) is 5.11 Å². The Bertz CT molecular complexity index is 161. The van der Waals surface area contributed by atoms with Crippen LogP contribution in [-0.2, 0) is 0 Å². The van der Waals surface area contributed by atoms with Gasteiger partial charge in [-0.25, -0.2) is 0 Å². The van der Waals surface area contributed by atoms with E-state index in [2.05, 4.69) is 0 Å². The Hall–Kier alpha value is -0.290. The summed E-state index contributed by atoms with van der Waals surface area (Å²) in [4.78, 5) is 1.60. The molecule has 86 valence electrons. The van der Waals surface area contributed by atoms with Gasteiger partial charge in [-0.1, -0.05) is 13.8 Å². The van der Waals surface area contributed by atoms with Crippen molar-refractivity contribution in [2.75, 3.05) is 26.7 Å². The van der Waals surface area contributed by atoms with Gasteiger partial charge in [0.05, 0.1) is 5.92 Å². The molecule has 5 heteroatoms. The van der Waals surface area contributed by atoms with E-state index < -0.39 is 18.0 Å². The smallest absolute Gasteiger partial charge is 0.393 e. The maximum absolute atomic E-state index is 12.2. The predicted octanol–water partition coefficient (Wildman–Crippen LogP) is 1.75. The average Bonchev–Trinajstić information content (AvgIpc) is 2.49. The molecular weight excluding hydrogens is 195 g/mol. The molecule has 1 heterocycles. The van der Waals surface area contributed by atoms with Crippen molar-refractivity contribution in [3.63, 3.8) is 0 Å². The Morgan fingerprint density at radius 3 is 2.07 bits per heavy atom. The molecule has 1 rings (SSSR count). The summed E-state index contributed by atoms with van der Waals surface area (Å²) in [5.41, 5.74) is 0. The van der Waals surface area contributed by atoms with Crippen LogP contribution in [0, 0.1) is 11.8 Å². The van der Waals surface area contributed by atoms with E-state index in [9.17, 15) is 13.2 Å². The molecule has 0 aromatic rings. The molecule has 0 bridgehead atoms. The second-order valence-electron chi connectivity index (χ2n) is 3.31. The van der Waals surface area contributed by atoms with Crippen LogP contribution in [0.1, 0.15) is 13.8 Å². The first-order chi connectivity index (χ1) is 6.45. The fourth-order valence-corrected chi connectivity index (χ4v) is 1.64. The number of alkyl halides is 3. The minimum atomic E-state index is -4.17. The van der Waals surface area contributed by atoms with Gasteiger partial charge in [0.25, 0.3) is 0 Å². The van der Waals surface area contributed by atoms with Gasteiger partial charge in [0.2, 0.25) is 0 Å². The third-order valence-electron chi connectivity index (χ3n) is 2.28. The van der Waals surface area contributed by atoms with E-state index in [0.717, 1.165) is 0 Å². The third kappa shape index (κ3) is 3.46. The topological polar surface area (TPSA) is 23.5 Å². The second kappa shape index (κ2) is 5.56. The highest BCUT2D eigenvalue weighted by atomic mass is 19.4. The fraction of sp³-hybridized carbons (Fsp3) is 1.00. The number of aliphatic hydroxyl groups excluding tert-OH is 1. The molecule has 0 amide bonds. The first kappa shape index (κ1) is 13.7. The lowest BCUT2D eigenvalue weighted by Crippen LogP contribution is -2.31. The average molecular weight is 213 g/mol. The number of halogens is 3. The minimum absolute atomic E-state index is 0.00866. The van der Waals surface area contributed by atoms with Gasteiger partial charge in [0.15, 0.2) is 0 Å². The molecule has 2 atom stereocenters. The monoisotopic (exact) mass is 213 g/mol. The summed E-state index contributed by atoms with van der Waals surface area (Å²) in [5.74, 6) is -2.00. The lowest BCUT2D eigenvalue weighted by molar-refractivity contribution is -0.182. The van der Waals surface area contributed by atoms with Gasteiger partial charge in [-0.05, 0) is 7.05 Å². The Labute approximate surface area is 82.7 Å². The molecule has 0 aromatic heterocycles. The van der Waals surface area contributed by atoms with Crippen molar-refractivity contribution in [1.29, 1.82) is 0 Å². The highest BCUT2D eigenvalue weighted by Gasteiger charge is 2.48. The number of nitrogens with zero attached hydrogens (tertiary/aromatic N) is 1. The van der Waals surface area contributed by atoms with Gasteiger partial charge in [0, 0.05) is 25.6 Å². The predicted molar refractivity (Wildman–Crippen MR) is 49.0 cm³/mol. The van der Waals surface area contributed by atoms with Crippen molar-refractivity contribution in [3.05, 3.63) is 0 Å². The fourth-order valence-electron chi connectivity index (χ4n) is 1.64. The maximum atomic E-state index is 12.2. The molecule has 1 saturated heterocycles. The zero-order valence-corrected chi connectivity index (χ0v) is 8.80. The van der Waals surface area contributed by atoms with Crippen LogP contribution in [0.25, 0.3) is 0 Å². The van der Waals surface area contributed by atoms with Crippen molar-refractivity contribution in [3.8, 4) is 0 Å². The normalized spacial score (nSPS) is 28.5. The lowest BCUT2D eigenvalue weighted by Gasteiger charge is -2.18. The SMILES string of the molecule is CC.CN1CC(CO)C(C(F)(F)F)C1. The first-order valence-corrected chi connectivity index (χ1v) is 4.81. The summed E-state index contributed by atoms with van der Waals surface area (Å²) in [6, 6.07) is 0. The van der Waals surface area contributed by atoms with Gasteiger partial charge in [-0.3, -0.25) is 0 Å². The summed E-state index contributed by atoms with van der Waals surface area (Å²) in [5, 5.41) is 8.69. The van der Waals surface area contributed by atoms with Gasteiger partial charge in [-0.15, -0.1) is 0 Å². The summed E-state index contributed by atoms with van der Waals surface area (Å²) in [7, 11) is 1.63. The van der Waals surface area contributed by atoms with Crippen LogP contribution in [0.4, 0.5) is 13.2 Å².